The van der Waals surface area contributed by atoms with E-state index in [9.17, 15) is 31.9 Å². The van der Waals surface area contributed by atoms with Crippen molar-refractivity contribution in [2.45, 2.75) is 19.3 Å². The molecule has 3 aromatic carbocycles. The summed E-state index contributed by atoms with van der Waals surface area (Å²) < 4.78 is 71.1. The van der Waals surface area contributed by atoms with Gasteiger partial charge in [0.15, 0.2) is 11.6 Å². The van der Waals surface area contributed by atoms with Crippen LogP contribution in [0.15, 0.2) is 71.3 Å². The SMILES string of the molecule is CN(C)CCN(CC(=O)O)Cc1cccc(COc2ccc(-c3cc(F)c(F)c4ccoc34)cc2)c1.O=C(O)C(F)(F)F. The Morgan fingerprint density at radius 3 is 2.19 bits per heavy atom. The van der Waals surface area contributed by atoms with Crippen LogP contribution >= 0.6 is 0 Å². The summed E-state index contributed by atoms with van der Waals surface area (Å²) >= 11 is 0. The minimum atomic E-state index is -5.08. The first-order chi connectivity index (χ1) is 20.2. The van der Waals surface area contributed by atoms with E-state index in [4.69, 9.17) is 19.1 Å². The lowest BCUT2D eigenvalue weighted by Crippen LogP contribution is -2.35. The molecule has 4 aromatic rings. The van der Waals surface area contributed by atoms with Gasteiger partial charge < -0.3 is 24.3 Å². The highest BCUT2D eigenvalue weighted by atomic mass is 19.4. The van der Waals surface area contributed by atoms with E-state index in [1.807, 2.05) is 48.2 Å². The zero-order valence-electron chi connectivity index (χ0n) is 23.2. The largest absolute Gasteiger partial charge is 0.490 e. The molecule has 2 N–H and O–H groups in total. The molecule has 0 saturated heterocycles. The van der Waals surface area contributed by atoms with Crippen LogP contribution in [-0.4, -0.2) is 71.9 Å². The Bertz CT molecular complexity index is 1540. The van der Waals surface area contributed by atoms with Crippen molar-refractivity contribution in [3.8, 4) is 16.9 Å². The summed E-state index contributed by atoms with van der Waals surface area (Å²) in [5.41, 5.74) is 3.40. The number of rotatable bonds is 11. The van der Waals surface area contributed by atoms with Gasteiger partial charge in [0.2, 0.25) is 0 Å². The number of carbonyl (C=O) groups is 2. The third kappa shape index (κ3) is 9.79. The normalized spacial score (nSPS) is 11.5. The van der Waals surface area contributed by atoms with Gasteiger partial charge >= 0.3 is 18.1 Å². The molecule has 0 fully saturated rings. The highest BCUT2D eigenvalue weighted by Crippen LogP contribution is 2.33. The molecule has 0 aliphatic rings. The van der Waals surface area contributed by atoms with Gasteiger partial charge in [-0.3, -0.25) is 9.69 Å². The topological polar surface area (TPSA) is 103 Å². The van der Waals surface area contributed by atoms with Crippen LogP contribution < -0.4 is 4.74 Å². The fourth-order valence-electron chi connectivity index (χ4n) is 4.01. The van der Waals surface area contributed by atoms with E-state index in [2.05, 4.69) is 0 Å². The van der Waals surface area contributed by atoms with Crippen LogP contribution in [-0.2, 0) is 22.7 Å². The molecule has 0 unspecified atom stereocenters. The minimum Gasteiger partial charge on any atom is -0.489 e. The van der Waals surface area contributed by atoms with Gasteiger partial charge in [0.1, 0.15) is 17.9 Å². The Labute approximate surface area is 243 Å². The molecule has 8 nitrogen and oxygen atoms in total. The van der Waals surface area contributed by atoms with Crippen LogP contribution in [0, 0.1) is 11.6 Å². The molecule has 0 aliphatic heterocycles. The second kappa shape index (κ2) is 14.6. The summed E-state index contributed by atoms with van der Waals surface area (Å²) in [6.07, 6.45) is -3.74. The first-order valence-corrected chi connectivity index (χ1v) is 12.8. The number of ether oxygens (including phenoxy) is 1. The number of likely N-dealkylation sites (N-methyl/N-ethyl adjacent to an activating group) is 1. The first-order valence-electron chi connectivity index (χ1n) is 12.8. The molecule has 4 rings (SSSR count). The number of carboxylic acid groups (broad SMARTS) is 2. The monoisotopic (exact) mass is 608 g/mol. The second-order valence-corrected chi connectivity index (χ2v) is 9.73. The van der Waals surface area contributed by atoms with Crippen molar-refractivity contribution in [2.24, 2.45) is 0 Å². The highest BCUT2D eigenvalue weighted by molar-refractivity contribution is 5.93. The standard InChI is InChI=1S/C28H28F2N2O4.C2HF3O2/c1-31(2)11-12-32(17-26(33)34)16-19-4-3-5-20(14-19)18-36-22-8-6-21(7-9-22)24-15-25(29)27(30)23-10-13-35-28(23)24;3-2(4,5)1(6)7/h3-10,13-15H,11-12,16-18H2,1-2H3,(H,33,34);(H,6,7). The van der Waals surface area contributed by atoms with E-state index in [1.165, 1.54) is 12.3 Å². The number of fused-ring (bicyclic) bond motifs is 1. The summed E-state index contributed by atoms with van der Waals surface area (Å²) in [6, 6.07) is 17.5. The molecule has 1 aromatic heterocycles. The highest BCUT2D eigenvalue weighted by Gasteiger charge is 2.38. The summed E-state index contributed by atoms with van der Waals surface area (Å²) in [7, 11) is 3.91. The number of hydrogen-bond acceptors (Lipinski definition) is 6. The minimum absolute atomic E-state index is 0.0246. The van der Waals surface area contributed by atoms with Gasteiger partial charge in [-0.25, -0.2) is 13.6 Å². The van der Waals surface area contributed by atoms with E-state index in [-0.39, 0.29) is 11.9 Å². The quantitative estimate of drug-likeness (QED) is 0.199. The molecule has 1 heterocycles. The second-order valence-electron chi connectivity index (χ2n) is 9.73. The summed E-state index contributed by atoms with van der Waals surface area (Å²) in [4.78, 5) is 24.1. The van der Waals surface area contributed by atoms with E-state index in [1.54, 1.807) is 24.3 Å². The van der Waals surface area contributed by atoms with E-state index >= 15 is 0 Å². The van der Waals surface area contributed by atoms with Crippen molar-refractivity contribution in [3.05, 3.63) is 89.7 Å². The van der Waals surface area contributed by atoms with Crippen LogP contribution in [0.25, 0.3) is 22.1 Å². The van der Waals surface area contributed by atoms with Crippen molar-refractivity contribution in [1.29, 1.82) is 0 Å². The van der Waals surface area contributed by atoms with Crippen LogP contribution in [0.3, 0.4) is 0 Å². The Morgan fingerprint density at radius 1 is 0.930 bits per heavy atom. The molecule has 43 heavy (non-hydrogen) atoms. The summed E-state index contributed by atoms with van der Waals surface area (Å²) in [6.45, 7) is 2.25. The van der Waals surface area contributed by atoms with Crippen LogP contribution in [0.4, 0.5) is 22.0 Å². The maximum atomic E-state index is 14.0. The van der Waals surface area contributed by atoms with Gasteiger partial charge in [-0.05, 0) is 55.1 Å². The van der Waals surface area contributed by atoms with Gasteiger partial charge in [0.25, 0.3) is 0 Å². The molecule has 0 bridgehead atoms. The lowest BCUT2D eigenvalue weighted by atomic mass is 10.0. The number of halogens is 5. The molecule has 0 radical (unpaired) electrons. The number of carboxylic acids is 2. The molecular weight excluding hydrogens is 579 g/mol. The van der Waals surface area contributed by atoms with E-state index in [0.717, 1.165) is 23.7 Å². The third-order valence-electron chi connectivity index (χ3n) is 6.06. The van der Waals surface area contributed by atoms with Gasteiger partial charge in [-0.1, -0.05) is 36.4 Å². The zero-order valence-corrected chi connectivity index (χ0v) is 23.2. The molecule has 0 saturated carbocycles. The fraction of sp³-hybridized carbons (Fsp3) is 0.267. The molecule has 230 valence electrons. The van der Waals surface area contributed by atoms with Crippen molar-refractivity contribution < 1.29 is 50.9 Å². The maximum absolute atomic E-state index is 14.0. The predicted molar refractivity (Wildman–Crippen MR) is 147 cm³/mol. The van der Waals surface area contributed by atoms with Crippen LogP contribution in [0.2, 0.25) is 0 Å². The molecule has 0 spiro atoms. The Morgan fingerprint density at radius 2 is 1.58 bits per heavy atom. The predicted octanol–water partition coefficient (Wildman–Crippen LogP) is 6.04. The van der Waals surface area contributed by atoms with E-state index < -0.39 is 29.7 Å². The van der Waals surface area contributed by atoms with Crippen molar-refractivity contribution in [2.75, 3.05) is 33.7 Å². The van der Waals surface area contributed by atoms with Crippen LogP contribution in [0.5, 0.6) is 5.75 Å². The van der Waals surface area contributed by atoms with Crippen molar-refractivity contribution >= 4 is 22.9 Å². The average Bonchev–Trinajstić information content (AvgIpc) is 3.43. The van der Waals surface area contributed by atoms with Gasteiger partial charge in [0.05, 0.1) is 18.2 Å². The number of hydrogen-bond donors (Lipinski definition) is 2. The summed E-state index contributed by atoms with van der Waals surface area (Å²) in [5.74, 6) is -4.84. The van der Waals surface area contributed by atoms with Crippen molar-refractivity contribution in [3.63, 3.8) is 0 Å². The molecule has 0 amide bonds. The Balaban J connectivity index is 0.000000646. The number of alkyl halides is 3. The lowest BCUT2D eigenvalue weighted by molar-refractivity contribution is -0.192. The smallest absolute Gasteiger partial charge is 0.489 e. The molecular formula is C30H29F5N2O6. The molecule has 0 aliphatic carbocycles. The summed E-state index contributed by atoms with van der Waals surface area (Å²) in [5, 5.41) is 16.5. The Kier molecular flexibility index (Phi) is 11.2. The average molecular weight is 609 g/mol. The number of aliphatic carboxylic acids is 2. The first kappa shape index (κ1) is 33.0. The van der Waals surface area contributed by atoms with Gasteiger partial charge in [-0.15, -0.1) is 0 Å². The lowest BCUT2D eigenvalue weighted by Gasteiger charge is -2.22. The number of furan rings is 1. The van der Waals surface area contributed by atoms with Crippen LogP contribution in [0.1, 0.15) is 11.1 Å². The third-order valence-corrected chi connectivity index (χ3v) is 6.06. The molecule has 13 heteroatoms. The van der Waals surface area contributed by atoms with E-state index in [0.29, 0.717) is 42.2 Å². The van der Waals surface area contributed by atoms with Gasteiger partial charge in [-0.2, -0.15) is 13.2 Å². The fourth-order valence-corrected chi connectivity index (χ4v) is 4.01. The molecule has 0 atom stereocenters. The number of nitrogens with zero attached hydrogens (tertiary/aromatic N) is 2. The van der Waals surface area contributed by atoms with Gasteiger partial charge in [0, 0.05) is 25.2 Å². The van der Waals surface area contributed by atoms with Crippen molar-refractivity contribution in [1.82, 2.24) is 9.80 Å². The maximum Gasteiger partial charge on any atom is 0.490 e. The Hall–Kier alpha value is -4.49. The number of benzene rings is 3. The zero-order chi connectivity index (χ0) is 31.7.